The summed E-state index contributed by atoms with van der Waals surface area (Å²) in [5.74, 6) is 0.0997. The van der Waals surface area contributed by atoms with Crippen LogP contribution >= 0.6 is 0 Å². The van der Waals surface area contributed by atoms with Crippen molar-refractivity contribution in [3.63, 3.8) is 0 Å². The fourth-order valence-corrected chi connectivity index (χ4v) is 3.84. The lowest BCUT2D eigenvalue weighted by molar-refractivity contribution is 0.0750. The molecular formula is C23H23N7O2. The van der Waals surface area contributed by atoms with Crippen molar-refractivity contribution in [2.75, 3.05) is 5.32 Å². The Balaban J connectivity index is 1.30. The SMILES string of the molecule is CC(C)(C)c1ccc(C(=O)Nc2n[nH]c3c2CN(C(=O)c2ccc4n[nH]nc4c2)C3)cc1. The number of nitrogens with zero attached hydrogens (tertiary/aromatic N) is 4. The van der Waals surface area contributed by atoms with E-state index in [4.69, 9.17) is 0 Å². The van der Waals surface area contributed by atoms with Gasteiger partial charge in [-0.2, -0.15) is 20.5 Å². The van der Waals surface area contributed by atoms with E-state index in [0.29, 0.717) is 41.1 Å². The van der Waals surface area contributed by atoms with E-state index in [1.54, 1.807) is 23.1 Å². The normalized spacial score (nSPS) is 13.4. The number of carbonyl (C=O) groups excluding carboxylic acids is 2. The molecule has 4 aromatic rings. The maximum absolute atomic E-state index is 13.0. The summed E-state index contributed by atoms with van der Waals surface area (Å²) in [6.45, 7) is 7.15. The van der Waals surface area contributed by atoms with E-state index >= 15 is 0 Å². The van der Waals surface area contributed by atoms with Gasteiger partial charge in [-0.25, -0.2) is 0 Å². The minimum Gasteiger partial charge on any atom is -0.328 e. The van der Waals surface area contributed by atoms with Gasteiger partial charge < -0.3 is 10.2 Å². The number of aromatic amines is 2. The van der Waals surface area contributed by atoms with Crippen molar-refractivity contribution in [1.29, 1.82) is 0 Å². The Kier molecular flexibility index (Phi) is 4.54. The number of amides is 2. The van der Waals surface area contributed by atoms with E-state index in [2.05, 4.69) is 51.7 Å². The summed E-state index contributed by atoms with van der Waals surface area (Å²) in [5.41, 5.74) is 5.26. The van der Waals surface area contributed by atoms with Crippen LogP contribution < -0.4 is 5.32 Å². The molecular weight excluding hydrogens is 406 g/mol. The number of hydrogen-bond acceptors (Lipinski definition) is 5. The molecule has 2 aromatic heterocycles. The van der Waals surface area contributed by atoms with Gasteiger partial charge in [-0.3, -0.25) is 14.7 Å². The number of nitrogens with one attached hydrogen (secondary N) is 3. The van der Waals surface area contributed by atoms with E-state index in [1.807, 2.05) is 24.3 Å². The van der Waals surface area contributed by atoms with Crippen LogP contribution in [0.4, 0.5) is 5.82 Å². The number of carbonyl (C=O) groups is 2. The minimum absolute atomic E-state index is 0.0201. The molecule has 9 heteroatoms. The molecule has 0 atom stereocenters. The number of rotatable bonds is 3. The molecule has 3 heterocycles. The van der Waals surface area contributed by atoms with Crippen LogP contribution in [0.3, 0.4) is 0 Å². The van der Waals surface area contributed by atoms with Crippen molar-refractivity contribution in [1.82, 2.24) is 30.5 Å². The fourth-order valence-electron chi connectivity index (χ4n) is 3.84. The molecule has 32 heavy (non-hydrogen) atoms. The van der Waals surface area contributed by atoms with Gasteiger partial charge in [0.2, 0.25) is 0 Å². The van der Waals surface area contributed by atoms with E-state index in [1.165, 1.54) is 0 Å². The first kappa shape index (κ1) is 19.9. The van der Waals surface area contributed by atoms with Crippen LogP contribution in [0, 0.1) is 0 Å². The second-order valence-electron chi connectivity index (χ2n) is 9.00. The minimum atomic E-state index is -0.235. The van der Waals surface area contributed by atoms with Gasteiger partial charge >= 0.3 is 0 Å². The van der Waals surface area contributed by atoms with Gasteiger partial charge in [0.25, 0.3) is 11.8 Å². The van der Waals surface area contributed by atoms with Gasteiger partial charge in [-0.05, 0) is 41.3 Å². The van der Waals surface area contributed by atoms with E-state index in [9.17, 15) is 9.59 Å². The number of hydrogen-bond donors (Lipinski definition) is 3. The molecule has 0 saturated carbocycles. The third-order valence-corrected chi connectivity index (χ3v) is 5.75. The zero-order valence-corrected chi connectivity index (χ0v) is 18.1. The third-order valence-electron chi connectivity index (χ3n) is 5.75. The first-order chi connectivity index (χ1) is 15.3. The second kappa shape index (κ2) is 7.30. The van der Waals surface area contributed by atoms with Gasteiger partial charge in [0.05, 0.1) is 18.8 Å². The average molecular weight is 429 g/mol. The highest BCUT2D eigenvalue weighted by Crippen LogP contribution is 2.29. The molecule has 162 valence electrons. The molecule has 1 aliphatic heterocycles. The molecule has 0 fully saturated rings. The molecule has 2 amide bonds. The standard InChI is InChI=1S/C23H23N7O2/c1-23(2,3)15-7-4-13(5-8-15)21(31)24-20-16-11-30(12-19(16)25-28-20)22(32)14-6-9-17-18(10-14)27-29-26-17/h4-10H,11-12H2,1-3H3,(H,26,27,29)(H2,24,25,28,31). The predicted octanol–water partition coefficient (Wildman–Crippen LogP) is 3.39. The van der Waals surface area contributed by atoms with Gasteiger partial charge in [-0.1, -0.05) is 32.9 Å². The molecule has 1 aliphatic rings. The summed E-state index contributed by atoms with van der Waals surface area (Å²) in [6, 6.07) is 12.8. The monoisotopic (exact) mass is 429 g/mol. The lowest BCUT2D eigenvalue weighted by Gasteiger charge is -2.19. The summed E-state index contributed by atoms with van der Waals surface area (Å²) < 4.78 is 0. The second-order valence-corrected chi connectivity index (χ2v) is 9.00. The molecule has 3 N–H and O–H groups in total. The first-order valence-corrected chi connectivity index (χ1v) is 10.4. The van der Waals surface area contributed by atoms with Crippen LogP contribution in [0.1, 0.15) is 58.3 Å². The fraction of sp³-hybridized carbons (Fsp3) is 0.261. The molecule has 2 aromatic carbocycles. The van der Waals surface area contributed by atoms with Crippen molar-refractivity contribution < 1.29 is 9.59 Å². The molecule has 0 unspecified atom stereocenters. The lowest BCUT2D eigenvalue weighted by atomic mass is 9.87. The summed E-state index contributed by atoms with van der Waals surface area (Å²) in [7, 11) is 0. The Bertz CT molecular complexity index is 1330. The average Bonchev–Trinajstić information content (AvgIpc) is 3.49. The Morgan fingerprint density at radius 3 is 2.41 bits per heavy atom. The Morgan fingerprint density at radius 1 is 0.938 bits per heavy atom. The molecule has 0 bridgehead atoms. The van der Waals surface area contributed by atoms with Crippen molar-refractivity contribution in [2.24, 2.45) is 0 Å². The van der Waals surface area contributed by atoms with Crippen LogP contribution in [0.5, 0.6) is 0 Å². The van der Waals surface area contributed by atoms with Crippen molar-refractivity contribution >= 4 is 28.7 Å². The van der Waals surface area contributed by atoms with Gasteiger partial charge in [-0.15, -0.1) is 0 Å². The van der Waals surface area contributed by atoms with Crippen LogP contribution in [-0.2, 0) is 18.5 Å². The molecule has 5 rings (SSSR count). The molecule has 0 spiro atoms. The third kappa shape index (κ3) is 3.51. The van der Waals surface area contributed by atoms with Crippen molar-refractivity contribution in [3.05, 3.63) is 70.4 Å². The Morgan fingerprint density at radius 2 is 1.66 bits per heavy atom. The highest BCUT2D eigenvalue weighted by atomic mass is 16.2. The lowest BCUT2D eigenvalue weighted by Crippen LogP contribution is -2.26. The Labute approximate surface area is 184 Å². The quantitative estimate of drug-likeness (QED) is 0.461. The zero-order chi connectivity index (χ0) is 22.5. The van der Waals surface area contributed by atoms with Gasteiger partial charge in [0.1, 0.15) is 11.0 Å². The zero-order valence-electron chi connectivity index (χ0n) is 18.1. The van der Waals surface area contributed by atoms with Crippen LogP contribution in [-0.4, -0.2) is 42.3 Å². The van der Waals surface area contributed by atoms with Crippen LogP contribution in [0.25, 0.3) is 11.0 Å². The number of benzene rings is 2. The summed E-state index contributed by atoms with van der Waals surface area (Å²) in [5, 5.41) is 20.7. The van der Waals surface area contributed by atoms with Gasteiger partial charge in [0, 0.05) is 16.7 Å². The van der Waals surface area contributed by atoms with Gasteiger partial charge in [0.15, 0.2) is 5.82 Å². The topological polar surface area (TPSA) is 120 Å². The number of fused-ring (bicyclic) bond motifs is 2. The van der Waals surface area contributed by atoms with E-state index in [-0.39, 0.29) is 17.2 Å². The summed E-state index contributed by atoms with van der Waals surface area (Å²) >= 11 is 0. The molecule has 9 nitrogen and oxygen atoms in total. The highest BCUT2D eigenvalue weighted by molar-refractivity contribution is 6.04. The largest absolute Gasteiger partial charge is 0.328 e. The van der Waals surface area contributed by atoms with Crippen molar-refractivity contribution in [2.45, 2.75) is 39.3 Å². The van der Waals surface area contributed by atoms with Crippen LogP contribution in [0.15, 0.2) is 42.5 Å². The number of anilines is 1. The van der Waals surface area contributed by atoms with E-state index < -0.39 is 0 Å². The highest BCUT2D eigenvalue weighted by Gasteiger charge is 2.30. The smallest absolute Gasteiger partial charge is 0.256 e. The molecule has 0 aliphatic carbocycles. The van der Waals surface area contributed by atoms with Crippen LogP contribution in [0.2, 0.25) is 0 Å². The summed E-state index contributed by atoms with van der Waals surface area (Å²) in [6.07, 6.45) is 0. The number of H-pyrrole nitrogens is 2. The van der Waals surface area contributed by atoms with Crippen molar-refractivity contribution in [3.8, 4) is 0 Å². The maximum Gasteiger partial charge on any atom is 0.256 e. The maximum atomic E-state index is 13.0. The van der Waals surface area contributed by atoms with E-state index in [0.717, 1.165) is 16.8 Å². The number of aromatic nitrogens is 5. The predicted molar refractivity (Wildman–Crippen MR) is 119 cm³/mol. The molecule has 0 radical (unpaired) electrons. The Hall–Kier alpha value is -4.01. The first-order valence-electron chi connectivity index (χ1n) is 10.4. The molecule has 0 saturated heterocycles. The summed E-state index contributed by atoms with van der Waals surface area (Å²) in [4.78, 5) is 27.4.